The van der Waals surface area contributed by atoms with Gasteiger partial charge in [-0.25, -0.2) is 4.39 Å². The van der Waals surface area contributed by atoms with Crippen molar-refractivity contribution in [1.29, 1.82) is 0 Å². The number of rotatable bonds is 5. The first-order chi connectivity index (χ1) is 13.7. The summed E-state index contributed by atoms with van der Waals surface area (Å²) >= 11 is 0. The number of piperazine rings is 1. The molecule has 1 aromatic carbocycles. The number of aromatic nitrogens is 3. The Labute approximate surface area is 161 Å². The summed E-state index contributed by atoms with van der Waals surface area (Å²) in [4.78, 5) is 20.4. The molecule has 1 amide bonds. The van der Waals surface area contributed by atoms with Gasteiger partial charge in [0.2, 0.25) is 11.8 Å². The van der Waals surface area contributed by atoms with Gasteiger partial charge in [-0.1, -0.05) is 18.2 Å². The van der Waals surface area contributed by atoms with E-state index in [0.717, 1.165) is 0 Å². The van der Waals surface area contributed by atoms with Crippen LogP contribution in [0.25, 0.3) is 11.6 Å². The third-order valence-electron chi connectivity index (χ3n) is 4.73. The van der Waals surface area contributed by atoms with E-state index in [0.29, 0.717) is 62.2 Å². The fourth-order valence-electron chi connectivity index (χ4n) is 3.22. The van der Waals surface area contributed by atoms with Crippen molar-refractivity contribution in [2.75, 3.05) is 31.1 Å². The van der Waals surface area contributed by atoms with Crippen LogP contribution < -0.4 is 4.90 Å². The highest BCUT2D eigenvalue weighted by atomic mass is 19.1. The molecule has 4 rings (SSSR count). The van der Waals surface area contributed by atoms with Gasteiger partial charge in [0.25, 0.3) is 5.89 Å². The molecule has 3 heterocycles. The highest BCUT2D eigenvalue weighted by Gasteiger charge is 2.23. The molecule has 3 aromatic rings. The average Bonchev–Trinajstić information content (AvgIpc) is 3.22. The zero-order valence-corrected chi connectivity index (χ0v) is 15.3. The minimum absolute atomic E-state index is 0.0331. The summed E-state index contributed by atoms with van der Waals surface area (Å²) < 4.78 is 19.5. The van der Waals surface area contributed by atoms with Crippen molar-refractivity contribution >= 4 is 11.6 Å². The SMILES string of the molecule is O=C(CCc1nnc(-c2ccccn2)o1)N1CCN(c2ccccc2F)CC1. The summed E-state index contributed by atoms with van der Waals surface area (Å²) in [5, 5.41) is 7.98. The van der Waals surface area contributed by atoms with Crippen molar-refractivity contribution < 1.29 is 13.6 Å². The lowest BCUT2D eigenvalue weighted by atomic mass is 10.2. The molecular weight excluding hydrogens is 361 g/mol. The third-order valence-corrected chi connectivity index (χ3v) is 4.73. The second kappa shape index (κ2) is 8.16. The number of para-hydroxylation sites is 1. The van der Waals surface area contributed by atoms with Crippen LogP contribution in [0, 0.1) is 5.82 Å². The van der Waals surface area contributed by atoms with E-state index < -0.39 is 0 Å². The van der Waals surface area contributed by atoms with E-state index in [2.05, 4.69) is 15.2 Å². The van der Waals surface area contributed by atoms with E-state index in [9.17, 15) is 9.18 Å². The molecule has 0 spiro atoms. The third kappa shape index (κ3) is 4.00. The number of carbonyl (C=O) groups excluding carboxylic acids is 1. The number of amides is 1. The fourth-order valence-corrected chi connectivity index (χ4v) is 3.22. The quantitative estimate of drug-likeness (QED) is 0.676. The van der Waals surface area contributed by atoms with Crippen LogP contribution in [-0.4, -0.2) is 52.2 Å². The van der Waals surface area contributed by atoms with E-state index in [1.54, 1.807) is 29.3 Å². The van der Waals surface area contributed by atoms with E-state index in [4.69, 9.17) is 4.42 Å². The topological polar surface area (TPSA) is 75.4 Å². The molecule has 144 valence electrons. The lowest BCUT2D eigenvalue weighted by Gasteiger charge is -2.36. The second-order valence-corrected chi connectivity index (χ2v) is 6.54. The van der Waals surface area contributed by atoms with Crippen LogP contribution >= 0.6 is 0 Å². The summed E-state index contributed by atoms with van der Waals surface area (Å²) in [6.45, 7) is 2.35. The molecule has 1 saturated heterocycles. The zero-order chi connectivity index (χ0) is 19.3. The molecule has 0 N–H and O–H groups in total. The van der Waals surface area contributed by atoms with Crippen molar-refractivity contribution in [3.8, 4) is 11.6 Å². The first kappa shape index (κ1) is 18.1. The Kier molecular flexibility index (Phi) is 5.27. The summed E-state index contributed by atoms with van der Waals surface area (Å²) in [7, 11) is 0. The molecule has 1 fully saturated rings. The number of benzene rings is 1. The van der Waals surface area contributed by atoms with Gasteiger partial charge < -0.3 is 14.2 Å². The molecule has 28 heavy (non-hydrogen) atoms. The maximum Gasteiger partial charge on any atom is 0.266 e. The molecule has 2 aromatic heterocycles. The van der Waals surface area contributed by atoms with Gasteiger partial charge >= 0.3 is 0 Å². The van der Waals surface area contributed by atoms with Gasteiger partial charge in [-0.2, -0.15) is 0 Å². The molecule has 0 radical (unpaired) electrons. The Balaban J connectivity index is 1.28. The number of pyridine rings is 1. The molecule has 0 bridgehead atoms. The molecule has 0 aliphatic carbocycles. The van der Waals surface area contributed by atoms with Crippen molar-refractivity contribution in [3.05, 3.63) is 60.4 Å². The number of hydrogen-bond acceptors (Lipinski definition) is 6. The van der Waals surface area contributed by atoms with Crippen LogP contribution in [0.15, 0.2) is 53.1 Å². The Bertz CT molecular complexity index is 939. The number of carbonyl (C=O) groups is 1. The number of halogens is 1. The molecule has 0 saturated carbocycles. The Morgan fingerprint density at radius 3 is 2.57 bits per heavy atom. The monoisotopic (exact) mass is 381 g/mol. The number of aryl methyl sites for hydroxylation is 1. The van der Waals surface area contributed by atoms with Gasteiger partial charge in [0.15, 0.2) is 0 Å². The summed E-state index contributed by atoms with van der Waals surface area (Å²) in [6.07, 6.45) is 2.33. The van der Waals surface area contributed by atoms with E-state index in [1.165, 1.54) is 6.07 Å². The molecule has 1 aliphatic heterocycles. The predicted octanol–water partition coefficient (Wildman–Crippen LogP) is 2.55. The van der Waals surface area contributed by atoms with E-state index in [-0.39, 0.29) is 11.7 Å². The lowest BCUT2D eigenvalue weighted by Crippen LogP contribution is -2.49. The van der Waals surface area contributed by atoms with Crippen LogP contribution in [0.1, 0.15) is 12.3 Å². The Morgan fingerprint density at radius 1 is 1.04 bits per heavy atom. The van der Waals surface area contributed by atoms with Gasteiger partial charge in [-0.3, -0.25) is 9.78 Å². The molecule has 0 atom stereocenters. The maximum atomic E-state index is 13.9. The standard InChI is InChI=1S/C20H20FN5O2/c21-15-5-1-2-7-17(15)25-11-13-26(14-12-25)19(27)9-8-18-23-24-20(28-18)16-6-3-4-10-22-16/h1-7,10H,8-9,11-14H2. The van der Waals surface area contributed by atoms with Gasteiger partial charge in [0.1, 0.15) is 11.5 Å². The highest BCUT2D eigenvalue weighted by Crippen LogP contribution is 2.20. The second-order valence-electron chi connectivity index (χ2n) is 6.54. The number of nitrogens with zero attached hydrogens (tertiary/aromatic N) is 5. The minimum Gasteiger partial charge on any atom is -0.419 e. The lowest BCUT2D eigenvalue weighted by molar-refractivity contribution is -0.131. The van der Waals surface area contributed by atoms with Crippen molar-refractivity contribution in [3.63, 3.8) is 0 Å². The largest absolute Gasteiger partial charge is 0.419 e. The predicted molar refractivity (Wildman–Crippen MR) is 101 cm³/mol. The normalized spacial score (nSPS) is 14.3. The molecule has 0 unspecified atom stereocenters. The summed E-state index contributed by atoms with van der Waals surface area (Å²) in [5.74, 6) is 0.564. The van der Waals surface area contributed by atoms with Crippen molar-refractivity contribution in [2.24, 2.45) is 0 Å². The van der Waals surface area contributed by atoms with Crippen LogP contribution in [0.3, 0.4) is 0 Å². The smallest absolute Gasteiger partial charge is 0.266 e. The Hall–Kier alpha value is -3.29. The van der Waals surface area contributed by atoms with Crippen LogP contribution in [-0.2, 0) is 11.2 Å². The molecule has 8 heteroatoms. The first-order valence-electron chi connectivity index (χ1n) is 9.22. The summed E-state index contributed by atoms with van der Waals surface area (Å²) in [6, 6.07) is 12.2. The average molecular weight is 381 g/mol. The fraction of sp³-hybridized carbons (Fsp3) is 0.300. The van der Waals surface area contributed by atoms with Crippen molar-refractivity contribution in [1.82, 2.24) is 20.1 Å². The number of anilines is 1. The molecule has 7 nitrogen and oxygen atoms in total. The highest BCUT2D eigenvalue weighted by molar-refractivity contribution is 5.76. The zero-order valence-electron chi connectivity index (χ0n) is 15.3. The molecule has 1 aliphatic rings. The number of hydrogen-bond donors (Lipinski definition) is 0. The van der Waals surface area contributed by atoms with Crippen LogP contribution in [0.4, 0.5) is 10.1 Å². The van der Waals surface area contributed by atoms with E-state index >= 15 is 0 Å². The van der Waals surface area contributed by atoms with Gasteiger partial charge in [-0.15, -0.1) is 10.2 Å². The first-order valence-corrected chi connectivity index (χ1v) is 9.22. The van der Waals surface area contributed by atoms with Gasteiger partial charge in [-0.05, 0) is 24.3 Å². The van der Waals surface area contributed by atoms with Crippen LogP contribution in [0.2, 0.25) is 0 Å². The van der Waals surface area contributed by atoms with Crippen molar-refractivity contribution in [2.45, 2.75) is 12.8 Å². The molecular formula is C20H20FN5O2. The Morgan fingerprint density at radius 2 is 1.82 bits per heavy atom. The van der Waals surface area contributed by atoms with Crippen LogP contribution in [0.5, 0.6) is 0 Å². The minimum atomic E-state index is -0.234. The summed E-state index contributed by atoms with van der Waals surface area (Å²) in [5.41, 5.74) is 1.19. The maximum absolute atomic E-state index is 13.9. The van der Waals surface area contributed by atoms with Gasteiger partial charge in [0, 0.05) is 45.2 Å². The van der Waals surface area contributed by atoms with Gasteiger partial charge in [0.05, 0.1) is 5.69 Å². The van der Waals surface area contributed by atoms with E-state index in [1.807, 2.05) is 23.1 Å².